The third-order valence-electron chi connectivity index (χ3n) is 3.62. The number of carbonyl (C=O) groups is 2. The van der Waals surface area contributed by atoms with E-state index >= 15 is 0 Å². The molecule has 2 heterocycles. The number of aromatic amines is 1. The summed E-state index contributed by atoms with van der Waals surface area (Å²) in [5, 5.41) is 12.9. The first-order valence-corrected chi connectivity index (χ1v) is 8.07. The van der Waals surface area contributed by atoms with Crippen LogP contribution in [0.5, 0.6) is 0 Å². The summed E-state index contributed by atoms with van der Waals surface area (Å²) in [5.74, 6) is -1.04. The molecule has 0 aliphatic heterocycles. The fraction of sp³-hybridized carbons (Fsp3) is 0.278. The van der Waals surface area contributed by atoms with Crippen molar-refractivity contribution in [1.82, 2.24) is 19.9 Å². The number of nitrogens with one attached hydrogen (secondary N) is 2. The maximum Gasteiger partial charge on any atom is 0.407 e. The number of H-pyrrole nitrogens is 1. The van der Waals surface area contributed by atoms with Crippen LogP contribution in [0.3, 0.4) is 0 Å². The maximum atomic E-state index is 11.8. The first-order valence-electron chi connectivity index (χ1n) is 8.07. The lowest BCUT2D eigenvalue weighted by molar-refractivity contribution is 0.0522. The summed E-state index contributed by atoms with van der Waals surface area (Å²) in [6.07, 6.45) is 4.43. The SMILES string of the molecule is CC(C)(C)OC(=O)NCc1cc2cc(-n3ccnc3)cc(C(=O)O)c2[nH]1. The van der Waals surface area contributed by atoms with Gasteiger partial charge in [-0.25, -0.2) is 14.6 Å². The average Bonchev–Trinajstić information content (AvgIpc) is 3.19. The monoisotopic (exact) mass is 356 g/mol. The molecule has 0 radical (unpaired) electrons. The predicted octanol–water partition coefficient (Wildman–Crippen LogP) is 3.08. The highest BCUT2D eigenvalue weighted by atomic mass is 16.6. The quantitative estimate of drug-likeness (QED) is 0.665. The smallest absolute Gasteiger partial charge is 0.407 e. The third kappa shape index (κ3) is 3.85. The molecule has 1 aromatic carbocycles. The number of aromatic nitrogens is 3. The fourth-order valence-electron chi connectivity index (χ4n) is 2.59. The van der Waals surface area contributed by atoms with Gasteiger partial charge in [0.25, 0.3) is 0 Å². The largest absolute Gasteiger partial charge is 0.478 e. The first-order chi connectivity index (χ1) is 12.2. The topological polar surface area (TPSA) is 109 Å². The molecule has 0 aliphatic rings. The number of hydrogen-bond acceptors (Lipinski definition) is 4. The number of alkyl carbamates (subject to hydrolysis) is 1. The molecular formula is C18H20N4O4. The minimum atomic E-state index is -1.04. The summed E-state index contributed by atoms with van der Waals surface area (Å²) in [5.41, 5.74) is 1.44. The molecule has 8 heteroatoms. The molecule has 0 saturated heterocycles. The number of carboxylic acid groups (broad SMARTS) is 1. The second-order valence-electron chi connectivity index (χ2n) is 6.88. The number of carbonyl (C=O) groups excluding carboxylic acids is 1. The Morgan fingerprint density at radius 3 is 2.69 bits per heavy atom. The Balaban J connectivity index is 1.89. The van der Waals surface area contributed by atoms with Gasteiger partial charge in [-0.1, -0.05) is 0 Å². The lowest BCUT2D eigenvalue weighted by Crippen LogP contribution is -2.32. The standard InChI is InChI=1S/C18H20N4O4/c1-18(2,3)26-17(25)20-9-12-6-11-7-13(22-5-4-19-10-22)8-14(16(23)24)15(11)21-12/h4-8,10,21H,9H2,1-3H3,(H,20,25)(H,23,24). The molecule has 0 fully saturated rings. The molecule has 3 aromatic rings. The predicted molar refractivity (Wildman–Crippen MR) is 95.5 cm³/mol. The van der Waals surface area contributed by atoms with Crippen molar-refractivity contribution in [1.29, 1.82) is 0 Å². The second-order valence-corrected chi connectivity index (χ2v) is 6.88. The number of amides is 1. The van der Waals surface area contributed by atoms with Gasteiger partial charge in [0.1, 0.15) is 5.60 Å². The Labute approximate surface area is 149 Å². The highest BCUT2D eigenvalue weighted by Crippen LogP contribution is 2.24. The number of hydrogen-bond donors (Lipinski definition) is 3. The number of carboxylic acids is 1. The van der Waals surface area contributed by atoms with Gasteiger partial charge >= 0.3 is 12.1 Å². The van der Waals surface area contributed by atoms with Gasteiger partial charge in [0.2, 0.25) is 0 Å². The summed E-state index contributed by atoms with van der Waals surface area (Å²) >= 11 is 0. The van der Waals surface area contributed by atoms with Gasteiger partial charge in [-0.15, -0.1) is 0 Å². The zero-order valence-corrected chi connectivity index (χ0v) is 14.7. The Morgan fingerprint density at radius 1 is 1.31 bits per heavy atom. The third-order valence-corrected chi connectivity index (χ3v) is 3.62. The summed E-state index contributed by atoms with van der Waals surface area (Å²) < 4.78 is 6.93. The van der Waals surface area contributed by atoms with Crippen LogP contribution in [0.4, 0.5) is 4.79 Å². The first kappa shape index (κ1) is 17.5. The summed E-state index contributed by atoms with van der Waals surface area (Å²) in [6.45, 7) is 5.55. The normalized spacial score (nSPS) is 11.5. The molecule has 8 nitrogen and oxygen atoms in total. The van der Waals surface area contributed by atoms with Crippen molar-refractivity contribution in [3.63, 3.8) is 0 Å². The number of rotatable bonds is 4. The maximum absolute atomic E-state index is 11.8. The van der Waals surface area contributed by atoms with Crippen LogP contribution in [0.15, 0.2) is 36.9 Å². The van der Waals surface area contributed by atoms with Gasteiger partial charge in [0.15, 0.2) is 0 Å². The number of fused-ring (bicyclic) bond motifs is 1. The molecule has 2 aromatic heterocycles. The van der Waals surface area contributed by atoms with Crippen molar-refractivity contribution >= 4 is 23.0 Å². The van der Waals surface area contributed by atoms with E-state index in [0.717, 1.165) is 5.39 Å². The molecule has 0 atom stereocenters. The Hall–Kier alpha value is -3.29. The van der Waals surface area contributed by atoms with Gasteiger partial charge in [-0.3, -0.25) is 0 Å². The lowest BCUT2D eigenvalue weighted by Gasteiger charge is -2.19. The molecule has 0 bridgehead atoms. The average molecular weight is 356 g/mol. The number of ether oxygens (including phenoxy) is 1. The van der Waals surface area contributed by atoms with E-state index in [0.29, 0.717) is 16.9 Å². The highest BCUT2D eigenvalue weighted by molar-refractivity contribution is 6.03. The van der Waals surface area contributed by atoms with E-state index in [1.807, 2.05) is 6.07 Å². The molecule has 1 amide bonds. The zero-order chi connectivity index (χ0) is 18.9. The second kappa shape index (κ2) is 6.55. The van der Waals surface area contributed by atoms with Crippen LogP contribution < -0.4 is 5.32 Å². The van der Waals surface area contributed by atoms with Crippen LogP contribution in [-0.4, -0.2) is 37.3 Å². The molecule has 3 rings (SSSR count). The molecule has 0 spiro atoms. The molecule has 26 heavy (non-hydrogen) atoms. The molecule has 0 saturated carbocycles. The van der Waals surface area contributed by atoms with Crippen molar-refractivity contribution in [2.45, 2.75) is 32.9 Å². The fourth-order valence-corrected chi connectivity index (χ4v) is 2.59. The van der Waals surface area contributed by atoms with Crippen LogP contribution >= 0.6 is 0 Å². The van der Waals surface area contributed by atoms with Gasteiger partial charge < -0.3 is 24.7 Å². The van der Waals surface area contributed by atoms with E-state index in [1.54, 1.807) is 56.2 Å². The van der Waals surface area contributed by atoms with Gasteiger partial charge in [-0.2, -0.15) is 0 Å². The van der Waals surface area contributed by atoms with E-state index in [4.69, 9.17) is 4.74 Å². The van der Waals surface area contributed by atoms with E-state index in [-0.39, 0.29) is 12.1 Å². The molecule has 136 valence electrons. The Bertz CT molecular complexity index is 952. The van der Waals surface area contributed by atoms with Crippen molar-refractivity contribution in [3.8, 4) is 5.69 Å². The van der Waals surface area contributed by atoms with Crippen molar-refractivity contribution in [3.05, 3.63) is 48.2 Å². The number of nitrogens with zero attached hydrogens (tertiary/aromatic N) is 2. The summed E-state index contributed by atoms with van der Waals surface area (Å²) in [7, 11) is 0. The van der Waals surface area contributed by atoms with Crippen molar-refractivity contribution in [2.24, 2.45) is 0 Å². The molecule has 0 aliphatic carbocycles. The van der Waals surface area contributed by atoms with Gasteiger partial charge in [0.05, 0.1) is 24.0 Å². The summed E-state index contributed by atoms with van der Waals surface area (Å²) in [6, 6.07) is 5.24. The van der Waals surface area contributed by atoms with Crippen LogP contribution in [0.25, 0.3) is 16.6 Å². The van der Waals surface area contributed by atoms with Gasteiger partial charge in [0, 0.05) is 29.2 Å². The van der Waals surface area contributed by atoms with E-state index in [9.17, 15) is 14.7 Å². The zero-order valence-electron chi connectivity index (χ0n) is 14.7. The number of benzene rings is 1. The van der Waals surface area contributed by atoms with Crippen LogP contribution in [0.2, 0.25) is 0 Å². The molecule has 3 N–H and O–H groups in total. The van der Waals surface area contributed by atoms with Crippen molar-refractivity contribution < 1.29 is 19.4 Å². The van der Waals surface area contributed by atoms with E-state index in [2.05, 4.69) is 15.3 Å². The van der Waals surface area contributed by atoms with E-state index in [1.165, 1.54) is 0 Å². The summed E-state index contributed by atoms with van der Waals surface area (Å²) in [4.78, 5) is 30.5. The van der Waals surface area contributed by atoms with Crippen LogP contribution in [0.1, 0.15) is 36.8 Å². The molecule has 0 unspecified atom stereocenters. The number of aromatic carboxylic acids is 1. The lowest BCUT2D eigenvalue weighted by atomic mass is 10.1. The van der Waals surface area contributed by atoms with E-state index < -0.39 is 17.7 Å². The number of imidazole rings is 1. The van der Waals surface area contributed by atoms with Crippen LogP contribution in [0, 0.1) is 0 Å². The Kier molecular flexibility index (Phi) is 4.41. The Morgan fingerprint density at radius 2 is 2.08 bits per heavy atom. The molecular weight excluding hydrogens is 336 g/mol. The van der Waals surface area contributed by atoms with Crippen molar-refractivity contribution in [2.75, 3.05) is 0 Å². The minimum Gasteiger partial charge on any atom is -0.478 e. The highest BCUT2D eigenvalue weighted by Gasteiger charge is 2.17. The van der Waals surface area contributed by atoms with Crippen LogP contribution in [-0.2, 0) is 11.3 Å². The minimum absolute atomic E-state index is 0.148. The van der Waals surface area contributed by atoms with Gasteiger partial charge in [-0.05, 0) is 39.0 Å².